The molecule has 56 heavy (non-hydrogen) atoms. The fourth-order valence-electron chi connectivity index (χ4n) is 7.39. The highest BCUT2D eigenvalue weighted by Gasteiger charge is 2.24. The number of hydrogen-bond acceptors (Lipinski definition) is 7. The van der Waals surface area contributed by atoms with E-state index in [0.29, 0.717) is 42.2 Å². The molecule has 0 saturated carbocycles. The summed E-state index contributed by atoms with van der Waals surface area (Å²) in [5.41, 5.74) is 6.31. The first-order valence-electron chi connectivity index (χ1n) is 19.3. The Labute approximate surface area is 328 Å². The number of methoxy groups -OCH3 is 1. The molecule has 7 rings (SSSR count). The van der Waals surface area contributed by atoms with Crippen LogP contribution in [0, 0.1) is 6.92 Å². The third-order valence-corrected chi connectivity index (χ3v) is 10.5. The third kappa shape index (κ3) is 9.24. The highest BCUT2D eigenvalue weighted by molar-refractivity contribution is 6.16. The van der Waals surface area contributed by atoms with Crippen LogP contribution in [-0.2, 0) is 17.9 Å². The van der Waals surface area contributed by atoms with Crippen molar-refractivity contribution in [2.24, 2.45) is 0 Å². The van der Waals surface area contributed by atoms with Crippen molar-refractivity contribution in [2.45, 2.75) is 45.4 Å². The average Bonchev–Trinajstić information content (AvgIpc) is 3.60. The minimum absolute atomic E-state index is 0.0590. The molecule has 6 aromatic rings. The molecule has 9 nitrogen and oxygen atoms in total. The summed E-state index contributed by atoms with van der Waals surface area (Å²) in [6.07, 6.45) is 2.87. The second-order valence-electron chi connectivity index (χ2n) is 14.3. The van der Waals surface area contributed by atoms with Gasteiger partial charge in [-0.25, -0.2) is 0 Å². The summed E-state index contributed by atoms with van der Waals surface area (Å²) in [5, 5.41) is 10.0. The standard InChI is InChI=1S/C47H49N3O6/c1-34-18-20-36(21-19-34)42(24-26-48-27-29-49(30-28-48)41-15-8-9-16-43(41)54-2)56-44-23-22-37(31-45(44)55-33-35-11-4-3-5-12-35)47(53)39-32-50(25-10-17-46(51)52)40-14-7-6-13-38(39)40/h3-9,11-16,18-23,31-32,42H,10,17,24-30,33H2,1-2H3,(H,51,52). The summed E-state index contributed by atoms with van der Waals surface area (Å²) < 4.78 is 21.0. The monoisotopic (exact) mass is 751 g/mol. The Hall–Kier alpha value is -6.06. The number of aryl methyl sites for hydroxylation is 2. The lowest BCUT2D eigenvalue weighted by Crippen LogP contribution is -2.47. The minimum atomic E-state index is -0.837. The Kier molecular flexibility index (Phi) is 12.3. The molecule has 5 aromatic carbocycles. The molecular formula is C47H49N3O6. The normalized spacial score (nSPS) is 13.7. The van der Waals surface area contributed by atoms with Crippen molar-refractivity contribution in [3.8, 4) is 17.2 Å². The Bertz CT molecular complexity index is 2240. The van der Waals surface area contributed by atoms with Crippen LogP contribution in [0.1, 0.15) is 58.0 Å². The van der Waals surface area contributed by atoms with Crippen molar-refractivity contribution in [2.75, 3.05) is 44.7 Å². The number of hydrogen-bond donors (Lipinski definition) is 1. The molecule has 0 bridgehead atoms. The van der Waals surface area contributed by atoms with Crippen molar-refractivity contribution in [1.29, 1.82) is 0 Å². The summed E-state index contributed by atoms with van der Waals surface area (Å²) in [5.74, 6) is 0.978. The van der Waals surface area contributed by atoms with E-state index in [1.807, 2.05) is 89.6 Å². The lowest BCUT2D eigenvalue weighted by atomic mass is 10.0. The smallest absolute Gasteiger partial charge is 0.303 e. The molecule has 288 valence electrons. The number of fused-ring (bicyclic) bond motifs is 1. The lowest BCUT2D eigenvalue weighted by Gasteiger charge is -2.37. The highest BCUT2D eigenvalue weighted by atomic mass is 16.5. The van der Waals surface area contributed by atoms with E-state index in [9.17, 15) is 14.7 Å². The van der Waals surface area contributed by atoms with Gasteiger partial charge in [0, 0.05) is 80.3 Å². The number of carbonyl (C=O) groups excluding carboxylic acids is 1. The van der Waals surface area contributed by atoms with E-state index in [1.165, 1.54) is 5.56 Å². The predicted octanol–water partition coefficient (Wildman–Crippen LogP) is 8.97. The lowest BCUT2D eigenvalue weighted by molar-refractivity contribution is -0.137. The average molecular weight is 752 g/mol. The first-order valence-corrected chi connectivity index (χ1v) is 19.3. The van der Waals surface area contributed by atoms with Crippen LogP contribution in [0.5, 0.6) is 17.2 Å². The van der Waals surface area contributed by atoms with E-state index in [-0.39, 0.29) is 18.3 Å². The van der Waals surface area contributed by atoms with Gasteiger partial charge in [-0.1, -0.05) is 90.5 Å². The number of benzene rings is 5. The molecule has 2 heterocycles. The van der Waals surface area contributed by atoms with Crippen molar-refractivity contribution < 1.29 is 28.9 Å². The summed E-state index contributed by atoms with van der Waals surface area (Å²) in [4.78, 5) is 30.4. The van der Waals surface area contributed by atoms with E-state index < -0.39 is 5.97 Å². The molecule has 1 fully saturated rings. The maximum Gasteiger partial charge on any atom is 0.303 e. The van der Waals surface area contributed by atoms with Crippen LogP contribution in [0.3, 0.4) is 0 Å². The third-order valence-electron chi connectivity index (χ3n) is 10.5. The quantitative estimate of drug-likeness (QED) is 0.0924. The van der Waals surface area contributed by atoms with E-state index in [0.717, 1.165) is 72.6 Å². The number of carbonyl (C=O) groups is 2. The summed E-state index contributed by atoms with van der Waals surface area (Å²) in [6, 6.07) is 39.8. The molecule has 1 atom stereocenters. The van der Waals surface area contributed by atoms with Gasteiger partial charge in [0.15, 0.2) is 17.3 Å². The largest absolute Gasteiger partial charge is 0.495 e. The first kappa shape index (κ1) is 38.2. The number of para-hydroxylation sites is 3. The number of nitrogens with zero attached hydrogens (tertiary/aromatic N) is 3. The van der Waals surface area contributed by atoms with Gasteiger partial charge in [-0.3, -0.25) is 14.5 Å². The maximum absolute atomic E-state index is 14.3. The molecule has 1 aliphatic rings. The minimum Gasteiger partial charge on any atom is -0.495 e. The fourth-order valence-corrected chi connectivity index (χ4v) is 7.39. The van der Waals surface area contributed by atoms with Gasteiger partial charge in [0.25, 0.3) is 0 Å². The number of rotatable bonds is 17. The second kappa shape index (κ2) is 18.0. The zero-order chi connectivity index (χ0) is 38.9. The van der Waals surface area contributed by atoms with Gasteiger partial charge in [0.2, 0.25) is 0 Å². The molecule has 0 radical (unpaired) electrons. The van der Waals surface area contributed by atoms with Crippen LogP contribution in [-0.4, -0.2) is 66.2 Å². The Balaban J connectivity index is 1.13. The Morgan fingerprint density at radius 1 is 0.768 bits per heavy atom. The maximum atomic E-state index is 14.3. The SMILES string of the molecule is COc1ccccc1N1CCN(CCC(Oc2ccc(C(=O)c3cn(CCCC(=O)O)c4ccccc34)cc2OCc2ccccc2)c2ccc(C)cc2)CC1. The highest BCUT2D eigenvalue weighted by Crippen LogP contribution is 2.36. The summed E-state index contributed by atoms with van der Waals surface area (Å²) >= 11 is 0. The first-order chi connectivity index (χ1) is 27.4. The number of ketones is 1. The molecule has 9 heteroatoms. The summed E-state index contributed by atoms with van der Waals surface area (Å²) in [6.45, 7) is 7.41. The molecule has 0 amide bonds. The molecule has 0 spiro atoms. The second-order valence-corrected chi connectivity index (χ2v) is 14.3. The van der Waals surface area contributed by atoms with Crippen molar-refractivity contribution in [3.63, 3.8) is 0 Å². The van der Waals surface area contributed by atoms with E-state index in [2.05, 4.69) is 53.1 Å². The molecule has 1 aliphatic heterocycles. The number of anilines is 1. The van der Waals surface area contributed by atoms with Crippen LogP contribution in [0.4, 0.5) is 5.69 Å². The topological polar surface area (TPSA) is 93.5 Å². The van der Waals surface area contributed by atoms with Crippen molar-refractivity contribution >= 4 is 28.3 Å². The van der Waals surface area contributed by atoms with Gasteiger partial charge >= 0.3 is 5.97 Å². The number of carboxylic acids is 1. The van der Waals surface area contributed by atoms with Gasteiger partial charge in [0.1, 0.15) is 18.5 Å². The van der Waals surface area contributed by atoms with E-state index >= 15 is 0 Å². The Morgan fingerprint density at radius 2 is 1.50 bits per heavy atom. The Morgan fingerprint density at radius 3 is 2.27 bits per heavy atom. The zero-order valence-electron chi connectivity index (χ0n) is 32.1. The van der Waals surface area contributed by atoms with Crippen molar-refractivity contribution in [1.82, 2.24) is 9.47 Å². The van der Waals surface area contributed by atoms with Gasteiger partial charge in [-0.2, -0.15) is 0 Å². The van der Waals surface area contributed by atoms with Crippen molar-refractivity contribution in [3.05, 3.63) is 155 Å². The molecule has 1 saturated heterocycles. The fraction of sp³-hybridized carbons (Fsp3) is 0.277. The zero-order valence-corrected chi connectivity index (χ0v) is 32.1. The molecule has 1 unspecified atom stereocenters. The van der Waals surface area contributed by atoms with Crippen LogP contribution >= 0.6 is 0 Å². The molecule has 1 N–H and O–H groups in total. The number of aromatic nitrogens is 1. The predicted molar refractivity (Wildman–Crippen MR) is 220 cm³/mol. The number of piperazine rings is 1. The molecular weight excluding hydrogens is 703 g/mol. The van der Waals surface area contributed by atoms with E-state index in [4.69, 9.17) is 14.2 Å². The van der Waals surface area contributed by atoms with Gasteiger partial charge in [-0.05, 0) is 60.9 Å². The van der Waals surface area contributed by atoms with Crippen LogP contribution in [0.15, 0.2) is 128 Å². The number of aliphatic carboxylic acids is 1. The van der Waals surface area contributed by atoms with Gasteiger partial charge in [0.05, 0.1) is 12.8 Å². The number of ether oxygens (including phenoxy) is 3. The van der Waals surface area contributed by atoms with Gasteiger partial charge in [-0.15, -0.1) is 0 Å². The van der Waals surface area contributed by atoms with E-state index in [1.54, 1.807) is 13.2 Å². The molecule has 1 aromatic heterocycles. The van der Waals surface area contributed by atoms with Gasteiger partial charge < -0.3 is 28.8 Å². The number of carboxylic acid groups (broad SMARTS) is 1. The van der Waals surface area contributed by atoms with Crippen LogP contribution in [0.2, 0.25) is 0 Å². The van der Waals surface area contributed by atoms with Crippen LogP contribution < -0.4 is 19.1 Å². The molecule has 0 aliphatic carbocycles. The summed E-state index contributed by atoms with van der Waals surface area (Å²) in [7, 11) is 1.72. The van der Waals surface area contributed by atoms with Crippen LogP contribution in [0.25, 0.3) is 10.9 Å².